The van der Waals surface area contributed by atoms with Gasteiger partial charge in [0.15, 0.2) is 0 Å². The molecule has 25 heavy (non-hydrogen) atoms. The van der Waals surface area contributed by atoms with E-state index in [-0.39, 0.29) is 11.0 Å². The van der Waals surface area contributed by atoms with Crippen LogP contribution in [0.25, 0.3) is 11.3 Å². The summed E-state index contributed by atoms with van der Waals surface area (Å²) in [6, 6.07) is 5.51. The zero-order chi connectivity index (χ0) is 18.2. The Morgan fingerprint density at radius 3 is 2.52 bits per heavy atom. The SMILES string of the molecule is Cc1ccc(-c2noc(C)c2Cn2ncc(C(C)(C)C)cc2=O)cn1. The Balaban J connectivity index is 1.98. The first-order valence-corrected chi connectivity index (χ1v) is 8.21. The van der Waals surface area contributed by atoms with Gasteiger partial charge in [-0.05, 0) is 37.0 Å². The molecule has 3 heterocycles. The molecular weight excluding hydrogens is 316 g/mol. The molecule has 0 aliphatic carbocycles. The Labute approximate surface area is 146 Å². The molecule has 6 heteroatoms. The average Bonchev–Trinajstić information content (AvgIpc) is 2.90. The Hall–Kier alpha value is -2.76. The zero-order valence-electron chi connectivity index (χ0n) is 15.2. The van der Waals surface area contributed by atoms with E-state index in [4.69, 9.17) is 4.52 Å². The molecule has 0 bridgehead atoms. The van der Waals surface area contributed by atoms with E-state index in [0.717, 1.165) is 22.4 Å². The van der Waals surface area contributed by atoms with Gasteiger partial charge in [-0.2, -0.15) is 5.10 Å². The minimum Gasteiger partial charge on any atom is -0.361 e. The molecule has 0 spiro atoms. The van der Waals surface area contributed by atoms with Gasteiger partial charge in [-0.1, -0.05) is 25.9 Å². The molecule has 3 rings (SSSR count). The zero-order valence-corrected chi connectivity index (χ0v) is 15.2. The molecule has 0 radical (unpaired) electrons. The molecular formula is C19H22N4O2. The largest absolute Gasteiger partial charge is 0.361 e. The number of aromatic nitrogens is 4. The predicted octanol–water partition coefficient (Wildman–Crippen LogP) is 3.26. The van der Waals surface area contributed by atoms with Crippen molar-refractivity contribution in [3.05, 3.63) is 63.5 Å². The molecule has 0 unspecified atom stereocenters. The first-order chi connectivity index (χ1) is 11.8. The van der Waals surface area contributed by atoms with Gasteiger partial charge in [0, 0.05) is 29.1 Å². The number of aryl methyl sites for hydroxylation is 2. The summed E-state index contributed by atoms with van der Waals surface area (Å²) in [5.41, 5.74) is 3.98. The third kappa shape index (κ3) is 3.52. The number of hydrogen-bond donors (Lipinski definition) is 0. The summed E-state index contributed by atoms with van der Waals surface area (Å²) in [7, 11) is 0. The maximum Gasteiger partial charge on any atom is 0.267 e. The molecule has 0 N–H and O–H groups in total. The van der Waals surface area contributed by atoms with Crippen molar-refractivity contribution < 1.29 is 4.52 Å². The van der Waals surface area contributed by atoms with Crippen molar-refractivity contribution in [3.63, 3.8) is 0 Å². The number of nitrogens with zero attached hydrogens (tertiary/aromatic N) is 4. The average molecular weight is 338 g/mol. The van der Waals surface area contributed by atoms with E-state index < -0.39 is 0 Å². The van der Waals surface area contributed by atoms with E-state index in [0.29, 0.717) is 18.0 Å². The van der Waals surface area contributed by atoms with Crippen LogP contribution in [-0.2, 0) is 12.0 Å². The molecule has 0 aromatic carbocycles. The van der Waals surface area contributed by atoms with E-state index >= 15 is 0 Å². The van der Waals surface area contributed by atoms with E-state index in [1.54, 1.807) is 18.5 Å². The Morgan fingerprint density at radius 2 is 1.92 bits per heavy atom. The minimum atomic E-state index is -0.138. The molecule has 3 aromatic heterocycles. The highest BCUT2D eigenvalue weighted by Gasteiger charge is 2.19. The molecule has 130 valence electrons. The Bertz CT molecular complexity index is 947. The fourth-order valence-electron chi connectivity index (χ4n) is 2.52. The lowest BCUT2D eigenvalue weighted by Gasteiger charge is -2.18. The number of hydrogen-bond acceptors (Lipinski definition) is 5. The van der Waals surface area contributed by atoms with Gasteiger partial charge in [-0.3, -0.25) is 9.78 Å². The maximum atomic E-state index is 12.5. The van der Waals surface area contributed by atoms with Crippen LogP contribution in [0.15, 0.2) is 39.9 Å². The van der Waals surface area contributed by atoms with Crippen molar-refractivity contribution in [2.45, 2.75) is 46.6 Å². The van der Waals surface area contributed by atoms with Crippen molar-refractivity contribution in [1.29, 1.82) is 0 Å². The van der Waals surface area contributed by atoms with Gasteiger partial charge in [0.1, 0.15) is 11.5 Å². The lowest BCUT2D eigenvalue weighted by molar-refractivity contribution is 0.397. The van der Waals surface area contributed by atoms with Gasteiger partial charge in [-0.25, -0.2) is 4.68 Å². The Kier molecular flexibility index (Phi) is 4.29. The van der Waals surface area contributed by atoms with Crippen LogP contribution in [0, 0.1) is 13.8 Å². The molecule has 0 saturated carbocycles. The second-order valence-electron chi connectivity index (χ2n) is 7.24. The van der Waals surface area contributed by atoms with Crippen molar-refractivity contribution in [2.75, 3.05) is 0 Å². The third-order valence-corrected chi connectivity index (χ3v) is 4.21. The highest BCUT2D eigenvalue weighted by molar-refractivity contribution is 5.62. The minimum absolute atomic E-state index is 0.114. The summed E-state index contributed by atoms with van der Waals surface area (Å²) < 4.78 is 6.78. The molecule has 0 amide bonds. The molecule has 0 atom stereocenters. The van der Waals surface area contributed by atoms with E-state index in [9.17, 15) is 4.79 Å². The summed E-state index contributed by atoms with van der Waals surface area (Å²) in [6.45, 7) is 10.2. The monoisotopic (exact) mass is 338 g/mol. The first kappa shape index (κ1) is 17.1. The van der Waals surface area contributed by atoms with Crippen LogP contribution < -0.4 is 5.56 Å². The smallest absolute Gasteiger partial charge is 0.267 e. The lowest BCUT2D eigenvalue weighted by atomic mass is 9.89. The van der Waals surface area contributed by atoms with E-state index in [2.05, 4.69) is 36.0 Å². The third-order valence-electron chi connectivity index (χ3n) is 4.21. The molecule has 3 aromatic rings. The summed E-state index contributed by atoms with van der Waals surface area (Å²) in [5.74, 6) is 0.671. The van der Waals surface area contributed by atoms with Crippen molar-refractivity contribution in [1.82, 2.24) is 19.9 Å². The molecule has 0 aliphatic heterocycles. The van der Waals surface area contributed by atoms with Crippen LogP contribution in [-0.4, -0.2) is 19.9 Å². The van der Waals surface area contributed by atoms with E-state index in [1.807, 2.05) is 26.0 Å². The first-order valence-electron chi connectivity index (χ1n) is 8.21. The topological polar surface area (TPSA) is 73.8 Å². The predicted molar refractivity (Wildman–Crippen MR) is 95.5 cm³/mol. The van der Waals surface area contributed by atoms with Gasteiger partial charge < -0.3 is 4.52 Å². The molecule has 0 fully saturated rings. The highest BCUT2D eigenvalue weighted by atomic mass is 16.5. The lowest BCUT2D eigenvalue weighted by Crippen LogP contribution is -2.26. The van der Waals surface area contributed by atoms with Crippen LogP contribution in [0.2, 0.25) is 0 Å². The summed E-state index contributed by atoms with van der Waals surface area (Å²) in [6.07, 6.45) is 3.51. The van der Waals surface area contributed by atoms with Crippen LogP contribution in [0.3, 0.4) is 0 Å². The normalized spacial score (nSPS) is 11.7. The van der Waals surface area contributed by atoms with Gasteiger partial charge in [-0.15, -0.1) is 0 Å². The standard InChI is InChI=1S/C19H22N4O2/c1-12-6-7-14(9-20-12)18-16(13(2)25-22-18)11-23-17(24)8-15(10-21-23)19(3,4)5/h6-10H,11H2,1-5H3. The van der Waals surface area contributed by atoms with Crippen molar-refractivity contribution >= 4 is 0 Å². The fraction of sp³-hybridized carbons (Fsp3) is 0.368. The quantitative estimate of drug-likeness (QED) is 0.733. The van der Waals surface area contributed by atoms with Crippen molar-refractivity contribution in [3.8, 4) is 11.3 Å². The maximum absolute atomic E-state index is 12.5. The molecule has 0 aliphatic rings. The van der Waals surface area contributed by atoms with Crippen molar-refractivity contribution in [2.24, 2.45) is 0 Å². The Morgan fingerprint density at radius 1 is 1.16 bits per heavy atom. The second-order valence-corrected chi connectivity index (χ2v) is 7.24. The summed E-state index contributed by atoms with van der Waals surface area (Å²) in [5, 5.41) is 8.47. The van der Waals surface area contributed by atoms with Crippen LogP contribution >= 0.6 is 0 Å². The van der Waals surface area contributed by atoms with Crippen LogP contribution in [0.5, 0.6) is 0 Å². The van der Waals surface area contributed by atoms with E-state index in [1.165, 1.54) is 4.68 Å². The second kappa shape index (κ2) is 6.27. The fourth-order valence-corrected chi connectivity index (χ4v) is 2.52. The van der Waals surface area contributed by atoms with Crippen LogP contribution in [0.4, 0.5) is 0 Å². The van der Waals surface area contributed by atoms with Gasteiger partial charge >= 0.3 is 0 Å². The summed E-state index contributed by atoms with van der Waals surface area (Å²) >= 11 is 0. The number of rotatable bonds is 3. The van der Waals surface area contributed by atoms with Gasteiger partial charge in [0.05, 0.1) is 12.7 Å². The summed E-state index contributed by atoms with van der Waals surface area (Å²) in [4.78, 5) is 16.8. The molecule has 6 nitrogen and oxygen atoms in total. The van der Waals surface area contributed by atoms with Gasteiger partial charge in [0.2, 0.25) is 0 Å². The highest BCUT2D eigenvalue weighted by Crippen LogP contribution is 2.25. The van der Waals surface area contributed by atoms with Crippen LogP contribution in [0.1, 0.15) is 43.4 Å². The van der Waals surface area contributed by atoms with Gasteiger partial charge in [0.25, 0.3) is 5.56 Å². The number of pyridine rings is 1. The molecule has 0 saturated heterocycles.